The van der Waals surface area contributed by atoms with Crippen LogP contribution in [0.4, 0.5) is 0 Å². The van der Waals surface area contributed by atoms with Crippen molar-refractivity contribution >= 4 is 23.2 Å². The van der Waals surface area contributed by atoms with Gasteiger partial charge in [0.15, 0.2) is 0 Å². The molecule has 1 N–H and O–H groups in total. The van der Waals surface area contributed by atoms with E-state index in [4.69, 9.17) is 9.84 Å². The third-order valence-electron chi connectivity index (χ3n) is 2.17. The van der Waals surface area contributed by atoms with E-state index >= 15 is 0 Å². The Morgan fingerprint density at radius 1 is 1.50 bits per heavy atom. The Morgan fingerprint density at radius 2 is 2.28 bits per heavy atom. The van der Waals surface area contributed by atoms with Crippen molar-refractivity contribution < 1.29 is 19.4 Å². The molecule has 0 spiro atoms. The molecule has 0 fully saturated rings. The van der Waals surface area contributed by atoms with Crippen molar-refractivity contribution in [3.63, 3.8) is 0 Å². The second-order valence-corrected chi connectivity index (χ2v) is 4.54. The molecule has 0 bridgehead atoms. The summed E-state index contributed by atoms with van der Waals surface area (Å²) in [6.07, 6.45) is 1.90. The van der Waals surface area contributed by atoms with E-state index in [9.17, 15) is 9.59 Å². The van der Waals surface area contributed by atoms with Gasteiger partial charge in [0.2, 0.25) is 5.91 Å². The average molecular weight is 269 g/mol. The van der Waals surface area contributed by atoms with Gasteiger partial charge in [0, 0.05) is 30.7 Å². The van der Waals surface area contributed by atoms with E-state index in [0.717, 1.165) is 17.0 Å². The molecule has 1 aromatic heterocycles. The van der Waals surface area contributed by atoms with Crippen LogP contribution in [0.1, 0.15) is 4.88 Å². The van der Waals surface area contributed by atoms with Crippen LogP contribution in [0.15, 0.2) is 29.7 Å². The van der Waals surface area contributed by atoms with Crippen molar-refractivity contribution in [2.75, 3.05) is 20.3 Å². The van der Waals surface area contributed by atoms with Gasteiger partial charge in [0.05, 0.1) is 13.2 Å². The lowest BCUT2D eigenvalue weighted by Crippen LogP contribution is -2.32. The number of amides is 1. The van der Waals surface area contributed by atoms with E-state index in [1.54, 1.807) is 23.3 Å². The summed E-state index contributed by atoms with van der Waals surface area (Å²) in [5.41, 5.74) is 0. The fourth-order valence-corrected chi connectivity index (χ4v) is 2.03. The molecule has 0 saturated heterocycles. The molecule has 1 rings (SSSR count). The second kappa shape index (κ2) is 7.62. The highest BCUT2D eigenvalue weighted by molar-refractivity contribution is 7.09. The predicted octanol–water partition coefficient (Wildman–Crippen LogP) is 1.36. The Balaban J connectivity index is 2.64. The van der Waals surface area contributed by atoms with Gasteiger partial charge >= 0.3 is 5.97 Å². The number of carbonyl (C=O) groups is 2. The van der Waals surface area contributed by atoms with Gasteiger partial charge in [-0.2, -0.15) is 0 Å². The smallest absolute Gasteiger partial charge is 0.328 e. The number of rotatable bonds is 7. The van der Waals surface area contributed by atoms with E-state index in [0.29, 0.717) is 19.7 Å². The van der Waals surface area contributed by atoms with Crippen molar-refractivity contribution in [3.8, 4) is 0 Å². The Bertz CT molecular complexity index is 414. The zero-order valence-corrected chi connectivity index (χ0v) is 10.9. The first kappa shape index (κ1) is 14.4. The highest BCUT2D eigenvalue weighted by Gasteiger charge is 2.11. The molecule has 6 heteroatoms. The van der Waals surface area contributed by atoms with Gasteiger partial charge in [-0.3, -0.25) is 4.79 Å². The highest BCUT2D eigenvalue weighted by Crippen LogP contribution is 2.12. The molecule has 0 unspecified atom stereocenters. The molecule has 0 aromatic carbocycles. The number of ether oxygens (including phenoxy) is 1. The van der Waals surface area contributed by atoms with Crippen LogP contribution in [-0.4, -0.2) is 42.1 Å². The van der Waals surface area contributed by atoms with Crippen LogP contribution >= 0.6 is 11.3 Å². The van der Waals surface area contributed by atoms with Gasteiger partial charge in [0.25, 0.3) is 0 Å². The third-order valence-corrected chi connectivity index (χ3v) is 3.03. The quantitative estimate of drug-likeness (QED) is 0.759. The van der Waals surface area contributed by atoms with Crippen LogP contribution in [0.25, 0.3) is 0 Å². The fourth-order valence-electron chi connectivity index (χ4n) is 1.31. The lowest BCUT2D eigenvalue weighted by molar-refractivity contribution is -0.132. The van der Waals surface area contributed by atoms with Crippen molar-refractivity contribution in [1.29, 1.82) is 0 Å². The largest absolute Gasteiger partial charge is 0.478 e. The molecule has 0 saturated carbocycles. The highest BCUT2D eigenvalue weighted by atomic mass is 32.1. The number of thiophene rings is 1. The number of carboxylic acid groups (broad SMARTS) is 1. The lowest BCUT2D eigenvalue weighted by atomic mass is 10.3. The molecule has 1 amide bonds. The summed E-state index contributed by atoms with van der Waals surface area (Å²) >= 11 is 1.55. The predicted molar refractivity (Wildman–Crippen MR) is 68.4 cm³/mol. The Kier molecular flexibility index (Phi) is 6.10. The number of carbonyl (C=O) groups excluding carboxylic acids is 1. The first-order valence-electron chi connectivity index (χ1n) is 5.34. The number of carboxylic acids is 1. The van der Waals surface area contributed by atoms with Crippen LogP contribution in [0.2, 0.25) is 0 Å². The summed E-state index contributed by atoms with van der Waals surface area (Å²) < 4.78 is 4.94. The van der Waals surface area contributed by atoms with Gasteiger partial charge in [-0.25, -0.2) is 4.79 Å². The summed E-state index contributed by atoms with van der Waals surface area (Å²) in [5, 5.41) is 10.4. The van der Waals surface area contributed by atoms with Crippen molar-refractivity contribution in [2.24, 2.45) is 0 Å². The number of methoxy groups -OCH3 is 1. The van der Waals surface area contributed by atoms with Gasteiger partial charge in [0.1, 0.15) is 0 Å². The molecule has 5 nitrogen and oxygen atoms in total. The molecule has 0 aliphatic rings. The third kappa shape index (κ3) is 5.11. The summed E-state index contributed by atoms with van der Waals surface area (Å²) in [7, 11) is 1.56. The fraction of sp³-hybridized carbons (Fsp3) is 0.333. The molecular formula is C12H15NO4S. The minimum atomic E-state index is -1.13. The number of hydrogen-bond acceptors (Lipinski definition) is 4. The molecule has 0 aliphatic carbocycles. The zero-order valence-electron chi connectivity index (χ0n) is 10.0. The van der Waals surface area contributed by atoms with Gasteiger partial charge in [-0.05, 0) is 11.4 Å². The minimum Gasteiger partial charge on any atom is -0.478 e. The molecule has 1 aromatic rings. The van der Waals surface area contributed by atoms with E-state index < -0.39 is 5.97 Å². The van der Waals surface area contributed by atoms with Crippen molar-refractivity contribution in [3.05, 3.63) is 34.5 Å². The Morgan fingerprint density at radius 3 is 2.83 bits per heavy atom. The summed E-state index contributed by atoms with van der Waals surface area (Å²) in [5.74, 6) is -1.46. The number of hydrogen-bond donors (Lipinski definition) is 1. The summed E-state index contributed by atoms with van der Waals surface area (Å²) in [4.78, 5) is 24.8. The number of aliphatic carboxylic acids is 1. The van der Waals surface area contributed by atoms with Crippen LogP contribution in [-0.2, 0) is 20.9 Å². The van der Waals surface area contributed by atoms with Crippen molar-refractivity contribution in [1.82, 2.24) is 4.90 Å². The van der Waals surface area contributed by atoms with E-state index in [1.807, 2.05) is 17.5 Å². The maximum atomic E-state index is 11.8. The maximum Gasteiger partial charge on any atom is 0.328 e. The average Bonchev–Trinajstić information content (AvgIpc) is 2.84. The normalized spacial score (nSPS) is 10.7. The van der Waals surface area contributed by atoms with Crippen molar-refractivity contribution in [2.45, 2.75) is 6.54 Å². The molecule has 0 radical (unpaired) electrons. The summed E-state index contributed by atoms with van der Waals surface area (Å²) in [6, 6.07) is 3.84. The van der Waals surface area contributed by atoms with Crippen LogP contribution in [0.3, 0.4) is 0 Å². The minimum absolute atomic E-state index is 0.331. The Hall–Kier alpha value is -1.66. The zero-order chi connectivity index (χ0) is 13.4. The topological polar surface area (TPSA) is 66.8 Å². The summed E-state index contributed by atoms with van der Waals surface area (Å²) in [6.45, 7) is 1.30. The van der Waals surface area contributed by atoms with Crippen LogP contribution in [0.5, 0.6) is 0 Å². The van der Waals surface area contributed by atoms with E-state index in [2.05, 4.69) is 0 Å². The van der Waals surface area contributed by atoms with Gasteiger partial charge < -0.3 is 14.7 Å². The first-order chi connectivity index (χ1) is 8.63. The maximum absolute atomic E-state index is 11.8. The number of nitrogens with zero attached hydrogens (tertiary/aromatic N) is 1. The van der Waals surface area contributed by atoms with E-state index in [1.165, 1.54) is 0 Å². The monoisotopic (exact) mass is 269 g/mol. The van der Waals surface area contributed by atoms with Crippen LogP contribution < -0.4 is 0 Å². The molecule has 1 heterocycles. The molecule has 18 heavy (non-hydrogen) atoms. The molecule has 98 valence electrons. The van der Waals surface area contributed by atoms with Gasteiger partial charge in [-0.15, -0.1) is 11.3 Å². The Labute approximate surface area is 109 Å². The second-order valence-electron chi connectivity index (χ2n) is 3.50. The molecule has 0 atom stereocenters. The lowest BCUT2D eigenvalue weighted by Gasteiger charge is -2.19. The first-order valence-corrected chi connectivity index (χ1v) is 6.22. The SMILES string of the molecule is COCCN(Cc1cccs1)C(=O)/C=C/C(=O)O. The van der Waals surface area contributed by atoms with Crippen LogP contribution in [0, 0.1) is 0 Å². The molecule has 0 aliphatic heterocycles. The standard InChI is InChI=1S/C12H15NO4S/c1-17-7-6-13(9-10-3-2-8-18-10)11(14)4-5-12(15)16/h2-5,8H,6-7,9H2,1H3,(H,15,16)/b5-4+. The van der Waals surface area contributed by atoms with Gasteiger partial charge in [-0.1, -0.05) is 6.07 Å². The molecular weight excluding hydrogens is 254 g/mol. The van der Waals surface area contributed by atoms with E-state index in [-0.39, 0.29) is 5.91 Å².